The molecule has 0 radical (unpaired) electrons. The molecule has 1 aromatic rings. The van der Waals surface area contributed by atoms with Crippen molar-refractivity contribution in [3.63, 3.8) is 0 Å². The van der Waals surface area contributed by atoms with Gasteiger partial charge in [-0.15, -0.1) is 0 Å². The number of hydrogen-bond acceptors (Lipinski definition) is 2. The number of fused-ring (bicyclic) bond motifs is 2. The van der Waals surface area contributed by atoms with Crippen LogP contribution in [0.2, 0.25) is 0 Å². The number of carbonyl (C=O) groups is 1. The summed E-state index contributed by atoms with van der Waals surface area (Å²) in [7, 11) is 0. The number of benzene rings is 1. The van der Waals surface area contributed by atoms with Gasteiger partial charge in [-0.25, -0.2) is 4.79 Å². The first-order chi connectivity index (χ1) is 9.83. The Morgan fingerprint density at radius 3 is 2.57 bits per heavy atom. The first kappa shape index (κ1) is 14.2. The van der Waals surface area contributed by atoms with Crippen LogP contribution in [0.5, 0.6) is 0 Å². The van der Waals surface area contributed by atoms with Gasteiger partial charge < -0.3 is 16.4 Å². The van der Waals surface area contributed by atoms with Gasteiger partial charge in [0.2, 0.25) is 0 Å². The SMILES string of the molecule is CC1(C)C2CCC1(C)C(Nc1cccc(NC(N)=O)c1)C2. The van der Waals surface area contributed by atoms with Gasteiger partial charge in [0.05, 0.1) is 0 Å². The lowest BCUT2D eigenvalue weighted by atomic mass is 9.69. The molecular weight excluding hydrogens is 262 g/mol. The van der Waals surface area contributed by atoms with Crippen LogP contribution in [0.4, 0.5) is 16.2 Å². The molecule has 2 aliphatic carbocycles. The molecule has 3 unspecified atom stereocenters. The van der Waals surface area contributed by atoms with Crippen LogP contribution in [0, 0.1) is 16.7 Å². The Hall–Kier alpha value is -1.71. The Morgan fingerprint density at radius 2 is 2.00 bits per heavy atom. The second kappa shape index (κ2) is 4.65. The monoisotopic (exact) mass is 287 g/mol. The van der Waals surface area contributed by atoms with E-state index in [1.165, 1.54) is 19.3 Å². The van der Waals surface area contributed by atoms with Crippen molar-refractivity contribution in [3.05, 3.63) is 24.3 Å². The topological polar surface area (TPSA) is 67.2 Å². The molecule has 0 spiro atoms. The maximum absolute atomic E-state index is 11.0. The summed E-state index contributed by atoms with van der Waals surface area (Å²) in [5.41, 5.74) is 7.70. The van der Waals surface area contributed by atoms with Gasteiger partial charge in [0.25, 0.3) is 0 Å². The van der Waals surface area contributed by atoms with Crippen molar-refractivity contribution in [3.8, 4) is 0 Å². The Bertz CT molecular complexity index is 569. The van der Waals surface area contributed by atoms with Crippen molar-refractivity contribution in [2.75, 3.05) is 10.6 Å². The lowest BCUT2D eigenvalue weighted by Gasteiger charge is -2.40. The molecule has 2 saturated carbocycles. The number of nitrogens with two attached hydrogens (primary N) is 1. The third-order valence-corrected chi connectivity index (χ3v) is 6.27. The normalized spacial score (nSPS) is 32.9. The summed E-state index contributed by atoms with van der Waals surface area (Å²) in [6, 6.07) is 7.76. The van der Waals surface area contributed by atoms with Crippen LogP contribution in [-0.2, 0) is 0 Å². The number of carbonyl (C=O) groups excluding carboxylic acids is 1. The van der Waals surface area contributed by atoms with E-state index in [4.69, 9.17) is 5.73 Å². The number of urea groups is 1. The average molecular weight is 287 g/mol. The van der Waals surface area contributed by atoms with Gasteiger partial charge in [-0.05, 0) is 54.2 Å². The predicted molar refractivity (Wildman–Crippen MR) is 86.3 cm³/mol. The summed E-state index contributed by atoms with van der Waals surface area (Å²) in [4.78, 5) is 11.0. The second-order valence-electron chi connectivity index (χ2n) is 7.38. The van der Waals surface area contributed by atoms with Gasteiger partial charge in [-0.2, -0.15) is 0 Å². The summed E-state index contributed by atoms with van der Waals surface area (Å²) in [6.07, 6.45) is 3.88. The smallest absolute Gasteiger partial charge is 0.316 e. The van der Waals surface area contributed by atoms with E-state index < -0.39 is 6.03 Å². The van der Waals surface area contributed by atoms with Crippen molar-refractivity contribution >= 4 is 17.4 Å². The van der Waals surface area contributed by atoms with E-state index in [0.29, 0.717) is 16.9 Å². The first-order valence-electron chi connectivity index (χ1n) is 7.76. The molecule has 4 nitrogen and oxygen atoms in total. The molecule has 3 rings (SSSR count). The summed E-state index contributed by atoms with van der Waals surface area (Å²) < 4.78 is 0. The van der Waals surface area contributed by atoms with Crippen LogP contribution in [0.15, 0.2) is 24.3 Å². The zero-order valence-electron chi connectivity index (χ0n) is 13.1. The van der Waals surface area contributed by atoms with Crippen molar-refractivity contribution in [2.45, 2.75) is 46.1 Å². The van der Waals surface area contributed by atoms with Gasteiger partial charge >= 0.3 is 6.03 Å². The summed E-state index contributed by atoms with van der Waals surface area (Å²) in [6.45, 7) is 7.25. The molecule has 0 heterocycles. The molecule has 0 aromatic heterocycles. The van der Waals surface area contributed by atoms with Crippen molar-refractivity contribution in [2.24, 2.45) is 22.5 Å². The third-order valence-electron chi connectivity index (χ3n) is 6.27. The fourth-order valence-electron chi connectivity index (χ4n) is 4.45. The van der Waals surface area contributed by atoms with Crippen molar-refractivity contribution in [1.29, 1.82) is 0 Å². The lowest BCUT2D eigenvalue weighted by Crippen LogP contribution is -2.40. The molecule has 0 aliphatic heterocycles. The summed E-state index contributed by atoms with van der Waals surface area (Å²) in [5.74, 6) is 0.812. The van der Waals surface area contributed by atoms with Gasteiger partial charge in [-0.3, -0.25) is 0 Å². The molecule has 1 aromatic carbocycles. The van der Waals surface area contributed by atoms with E-state index in [9.17, 15) is 4.79 Å². The van der Waals surface area contributed by atoms with E-state index in [0.717, 1.165) is 17.3 Å². The van der Waals surface area contributed by atoms with Crippen LogP contribution < -0.4 is 16.4 Å². The van der Waals surface area contributed by atoms with E-state index in [2.05, 4.69) is 37.5 Å². The molecule has 4 N–H and O–H groups in total. The first-order valence-corrected chi connectivity index (χ1v) is 7.76. The fourth-order valence-corrected chi connectivity index (χ4v) is 4.45. The molecular formula is C17H25N3O. The van der Waals surface area contributed by atoms with Gasteiger partial charge in [0.1, 0.15) is 0 Å². The van der Waals surface area contributed by atoms with Gasteiger partial charge in [-0.1, -0.05) is 26.8 Å². The highest BCUT2D eigenvalue weighted by Gasteiger charge is 2.61. The molecule has 2 fully saturated rings. The number of nitrogens with one attached hydrogen (secondary N) is 2. The highest BCUT2D eigenvalue weighted by Crippen LogP contribution is 2.65. The molecule has 21 heavy (non-hydrogen) atoms. The Kier molecular flexibility index (Phi) is 3.15. The Balaban J connectivity index is 1.78. The van der Waals surface area contributed by atoms with Crippen LogP contribution >= 0.6 is 0 Å². The van der Waals surface area contributed by atoms with Crippen LogP contribution in [0.1, 0.15) is 40.0 Å². The van der Waals surface area contributed by atoms with E-state index >= 15 is 0 Å². The molecule has 4 heteroatoms. The van der Waals surface area contributed by atoms with E-state index in [-0.39, 0.29) is 0 Å². The molecule has 114 valence electrons. The molecule has 2 bridgehead atoms. The Morgan fingerprint density at radius 1 is 1.29 bits per heavy atom. The fraction of sp³-hybridized carbons (Fsp3) is 0.588. The second-order valence-corrected chi connectivity index (χ2v) is 7.38. The zero-order chi connectivity index (χ0) is 15.3. The minimum Gasteiger partial charge on any atom is -0.382 e. The van der Waals surface area contributed by atoms with Crippen LogP contribution in [0.3, 0.4) is 0 Å². The quantitative estimate of drug-likeness (QED) is 0.791. The van der Waals surface area contributed by atoms with Crippen molar-refractivity contribution in [1.82, 2.24) is 0 Å². The number of amides is 2. The number of primary amides is 1. The van der Waals surface area contributed by atoms with E-state index in [1.807, 2.05) is 18.2 Å². The zero-order valence-corrected chi connectivity index (χ0v) is 13.1. The van der Waals surface area contributed by atoms with Crippen LogP contribution in [-0.4, -0.2) is 12.1 Å². The molecule has 0 saturated heterocycles. The standard InChI is InChI=1S/C17H25N3O/c1-16(2)11-7-8-17(16,3)14(9-11)19-12-5-4-6-13(10-12)20-15(18)21/h4-6,10-11,14,19H,7-9H2,1-3H3,(H3,18,20,21). The van der Waals surface area contributed by atoms with Crippen LogP contribution in [0.25, 0.3) is 0 Å². The van der Waals surface area contributed by atoms with Gasteiger partial charge in [0, 0.05) is 17.4 Å². The lowest BCUT2D eigenvalue weighted by molar-refractivity contribution is 0.142. The maximum atomic E-state index is 11.0. The summed E-state index contributed by atoms with van der Waals surface area (Å²) >= 11 is 0. The molecule has 2 amide bonds. The predicted octanol–water partition coefficient (Wildman–Crippen LogP) is 3.80. The highest BCUT2D eigenvalue weighted by atomic mass is 16.2. The van der Waals surface area contributed by atoms with E-state index in [1.54, 1.807) is 0 Å². The molecule has 2 aliphatic rings. The van der Waals surface area contributed by atoms with Gasteiger partial charge in [0.15, 0.2) is 0 Å². The number of anilines is 2. The number of hydrogen-bond donors (Lipinski definition) is 3. The molecule has 3 atom stereocenters. The minimum absolute atomic E-state index is 0.338. The maximum Gasteiger partial charge on any atom is 0.316 e. The highest BCUT2D eigenvalue weighted by molar-refractivity contribution is 5.88. The largest absolute Gasteiger partial charge is 0.382 e. The number of rotatable bonds is 3. The minimum atomic E-state index is -0.528. The third kappa shape index (κ3) is 2.17. The average Bonchev–Trinajstić information content (AvgIpc) is 2.71. The van der Waals surface area contributed by atoms with Crippen molar-refractivity contribution < 1.29 is 4.79 Å². The summed E-state index contributed by atoms with van der Waals surface area (Å²) in [5, 5.41) is 6.32. The Labute approximate surface area is 126 Å².